The highest BCUT2D eigenvalue weighted by molar-refractivity contribution is 7.90. The Morgan fingerprint density at radius 2 is 1.58 bits per heavy atom. The Morgan fingerprint density at radius 3 is 2.11 bits per heavy atom. The van der Waals surface area contributed by atoms with Crippen molar-refractivity contribution in [3.63, 3.8) is 0 Å². The molecule has 0 N–H and O–H groups in total. The van der Waals surface area contributed by atoms with Gasteiger partial charge in [-0.05, 0) is 29.7 Å². The van der Waals surface area contributed by atoms with Crippen LogP contribution in [0.5, 0.6) is 0 Å². The molecule has 0 aliphatic rings. The molecule has 2 aromatic carbocycles. The van der Waals surface area contributed by atoms with Gasteiger partial charge in [0.15, 0.2) is 9.84 Å². The summed E-state index contributed by atoms with van der Waals surface area (Å²) in [5.41, 5.74) is 2.04. The van der Waals surface area contributed by atoms with Crippen LogP contribution in [0.4, 0.5) is 5.69 Å². The molecule has 36 heavy (non-hydrogen) atoms. The molecule has 3 rings (SSSR count). The first-order chi connectivity index (χ1) is 17.0. The third-order valence-electron chi connectivity index (χ3n) is 5.37. The Balaban J connectivity index is 1.98. The van der Waals surface area contributed by atoms with Crippen LogP contribution in [0.1, 0.15) is 37.4 Å². The third kappa shape index (κ3) is 6.05. The average Bonchev–Trinajstić information content (AvgIpc) is 3.25. The largest absolute Gasteiger partial charge is 0.465 e. The topological polar surface area (TPSA) is 135 Å². The van der Waals surface area contributed by atoms with Gasteiger partial charge in [-0.1, -0.05) is 36.4 Å². The fraction of sp³-hybridized carbons (Fsp3) is 0.200. The summed E-state index contributed by atoms with van der Waals surface area (Å²) in [6.07, 6.45) is 6.20. The van der Waals surface area contributed by atoms with Gasteiger partial charge in [-0.15, -0.1) is 0 Å². The number of hydrogen-bond donors (Lipinski definition) is 0. The van der Waals surface area contributed by atoms with Crippen molar-refractivity contribution in [2.24, 2.45) is 0 Å². The normalized spacial score (nSPS) is 11.4. The molecule has 0 aliphatic heterocycles. The summed E-state index contributed by atoms with van der Waals surface area (Å²) in [6, 6.07) is 12.5. The maximum atomic E-state index is 12.7. The summed E-state index contributed by atoms with van der Waals surface area (Å²) < 4.78 is 36.4. The molecule has 0 atom stereocenters. The Morgan fingerprint density at radius 1 is 0.972 bits per heavy atom. The second kappa shape index (κ2) is 11.0. The Kier molecular flexibility index (Phi) is 8.05. The lowest BCUT2D eigenvalue weighted by atomic mass is 10.1. The van der Waals surface area contributed by atoms with Crippen LogP contribution in [-0.2, 0) is 32.3 Å². The van der Waals surface area contributed by atoms with Gasteiger partial charge < -0.3 is 14.0 Å². The Labute approximate surface area is 207 Å². The van der Waals surface area contributed by atoms with E-state index in [1.54, 1.807) is 54.7 Å². The number of ether oxygens (including phenoxy) is 2. The van der Waals surface area contributed by atoms with Crippen molar-refractivity contribution in [2.75, 3.05) is 20.5 Å². The molecule has 0 bridgehead atoms. The Bertz CT molecular complexity index is 1420. The van der Waals surface area contributed by atoms with Gasteiger partial charge in [0.2, 0.25) is 0 Å². The number of methoxy groups -OCH3 is 2. The van der Waals surface area contributed by atoms with E-state index in [-0.39, 0.29) is 22.8 Å². The molecule has 0 aliphatic carbocycles. The SMILES string of the molecule is COC(=O)c1ccc(/C=C/c2cn(CCc3ccc([N+](=O)[O-])cc3)c(S(C)(=O)=O)c2C(=O)OC)cc1. The van der Waals surface area contributed by atoms with E-state index in [0.717, 1.165) is 11.8 Å². The number of carbonyl (C=O) groups is 2. The molecule has 0 spiro atoms. The van der Waals surface area contributed by atoms with Gasteiger partial charge in [-0.3, -0.25) is 10.1 Å². The van der Waals surface area contributed by atoms with Crippen molar-refractivity contribution in [1.29, 1.82) is 0 Å². The first kappa shape index (κ1) is 26.4. The van der Waals surface area contributed by atoms with Crippen molar-refractivity contribution < 1.29 is 32.4 Å². The van der Waals surface area contributed by atoms with Crippen LogP contribution in [0.15, 0.2) is 59.8 Å². The lowest BCUT2D eigenvalue weighted by Gasteiger charge is -2.09. The minimum atomic E-state index is -3.83. The number of sulfone groups is 1. The summed E-state index contributed by atoms with van der Waals surface area (Å²) in [6.45, 7) is 0.200. The van der Waals surface area contributed by atoms with Crippen LogP contribution < -0.4 is 0 Å². The van der Waals surface area contributed by atoms with E-state index in [1.807, 2.05) is 0 Å². The van der Waals surface area contributed by atoms with Gasteiger partial charge in [-0.25, -0.2) is 18.0 Å². The van der Waals surface area contributed by atoms with E-state index in [9.17, 15) is 28.1 Å². The quantitative estimate of drug-likeness (QED) is 0.240. The molecular weight excluding hydrogens is 488 g/mol. The van der Waals surface area contributed by atoms with Crippen molar-refractivity contribution in [2.45, 2.75) is 18.0 Å². The van der Waals surface area contributed by atoms with Gasteiger partial charge in [0, 0.05) is 36.7 Å². The molecule has 3 aromatic rings. The monoisotopic (exact) mass is 512 g/mol. The number of rotatable bonds is 9. The van der Waals surface area contributed by atoms with E-state index >= 15 is 0 Å². The highest BCUT2D eigenvalue weighted by Crippen LogP contribution is 2.26. The second-order valence-corrected chi connectivity index (χ2v) is 9.77. The fourth-order valence-corrected chi connectivity index (χ4v) is 4.77. The minimum Gasteiger partial charge on any atom is -0.465 e. The smallest absolute Gasteiger partial charge is 0.341 e. The Hall–Kier alpha value is -4.25. The van der Waals surface area contributed by atoms with E-state index in [2.05, 4.69) is 4.74 Å². The van der Waals surface area contributed by atoms with Gasteiger partial charge in [0.05, 0.1) is 24.7 Å². The van der Waals surface area contributed by atoms with Crippen LogP contribution in [0.25, 0.3) is 12.2 Å². The number of esters is 2. The predicted octanol–water partition coefficient (Wildman–Crippen LogP) is 3.79. The van der Waals surface area contributed by atoms with E-state index in [1.165, 1.54) is 30.9 Å². The maximum absolute atomic E-state index is 12.7. The summed E-state index contributed by atoms with van der Waals surface area (Å²) >= 11 is 0. The van der Waals surface area contributed by atoms with E-state index in [4.69, 9.17) is 4.74 Å². The number of nitro benzene ring substituents is 1. The highest BCUT2D eigenvalue weighted by Gasteiger charge is 2.28. The number of hydrogen-bond acceptors (Lipinski definition) is 8. The number of non-ortho nitro benzene ring substituents is 1. The maximum Gasteiger partial charge on any atom is 0.341 e. The van der Waals surface area contributed by atoms with Gasteiger partial charge in [0.25, 0.3) is 5.69 Å². The van der Waals surface area contributed by atoms with E-state index in [0.29, 0.717) is 23.1 Å². The molecule has 11 heteroatoms. The molecule has 0 radical (unpaired) electrons. The van der Waals surface area contributed by atoms with Crippen LogP contribution in [0.2, 0.25) is 0 Å². The van der Waals surface area contributed by atoms with Gasteiger partial charge in [0.1, 0.15) is 10.6 Å². The van der Waals surface area contributed by atoms with Crippen molar-refractivity contribution in [1.82, 2.24) is 4.57 Å². The zero-order valence-corrected chi connectivity index (χ0v) is 20.7. The summed E-state index contributed by atoms with van der Waals surface area (Å²) in [5, 5.41) is 10.7. The summed E-state index contributed by atoms with van der Waals surface area (Å²) in [4.78, 5) is 34.6. The predicted molar refractivity (Wildman–Crippen MR) is 132 cm³/mol. The first-order valence-corrected chi connectivity index (χ1v) is 12.6. The van der Waals surface area contributed by atoms with Crippen molar-refractivity contribution in [3.05, 3.63) is 92.7 Å². The number of carbonyl (C=O) groups excluding carboxylic acids is 2. The summed E-state index contributed by atoms with van der Waals surface area (Å²) in [7, 11) is -1.38. The van der Waals surface area contributed by atoms with Gasteiger partial charge in [-0.2, -0.15) is 0 Å². The number of nitrogens with zero attached hydrogens (tertiary/aromatic N) is 2. The number of nitro groups is 1. The van der Waals surface area contributed by atoms with Crippen LogP contribution >= 0.6 is 0 Å². The third-order valence-corrected chi connectivity index (χ3v) is 6.52. The molecular formula is C25H24N2O8S. The summed E-state index contributed by atoms with van der Waals surface area (Å²) in [5.74, 6) is -1.27. The zero-order valence-electron chi connectivity index (χ0n) is 19.8. The molecule has 188 valence electrons. The minimum absolute atomic E-state index is 0.0449. The molecule has 0 saturated carbocycles. The molecule has 0 saturated heterocycles. The first-order valence-electron chi connectivity index (χ1n) is 10.7. The average molecular weight is 513 g/mol. The number of aromatic nitrogens is 1. The second-order valence-electron chi connectivity index (χ2n) is 7.84. The highest BCUT2D eigenvalue weighted by atomic mass is 32.2. The van der Waals surface area contributed by atoms with Crippen molar-refractivity contribution >= 4 is 39.6 Å². The standard InChI is InChI=1S/C25H24N2O8S/c1-34-24(28)19-9-4-17(5-10-19)6-11-20-16-26(23(36(3,32)33)22(20)25(29)35-2)15-14-18-7-12-21(13-8-18)27(30)31/h4-13,16H,14-15H2,1-3H3/b11-6+. The molecule has 0 unspecified atom stereocenters. The molecule has 10 nitrogen and oxygen atoms in total. The molecule has 0 fully saturated rings. The fourth-order valence-electron chi connectivity index (χ4n) is 3.62. The number of aryl methyl sites for hydroxylation is 2. The van der Waals surface area contributed by atoms with Crippen LogP contribution in [-0.4, -0.2) is 50.3 Å². The van der Waals surface area contributed by atoms with Gasteiger partial charge >= 0.3 is 11.9 Å². The molecule has 1 heterocycles. The van der Waals surface area contributed by atoms with Crippen LogP contribution in [0, 0.1) is 10.1 Å². The zero-order chi connectivity index (χ0) is 26.5. The number of benzene rings is 2. The van der Waals surface area contributed by atoms with Crippen LogP contribution in [0.3, 0.4) is 0 Å². The lowest BCUT2D eigenvalue weighted by Crippen LogP contribution is -2.14. The van der Waals surface area contributed by atoms with E-state index < -0.39 is 26.7 Å². The molecule has 0 amide bonds. The van der Waals surface area contributed by atoms with Crippen molar-refractivity contribution in [3.8, 4) is 0 Å². The lowest BCUT2D eigenvalue weighted by molar-refractivity contribution is -0.384. The molecule has 1 aromatic heterocycles.